The number of carbonyl (C=O) groups excluding carboxylic acids is 1. The number of amides is 1. The molecule has 0 fully saturated rings. The molecule has 1 heterocycles. The summed E-state index contributed by atoms with van der Waals surface area (Å²) in [6.45, 7) is -0.0743. The summed E-state index contributed by atoms with van der Waals surface area (Å²) in [6, 6.07) is 3.13. The van der Waals surface area contributed by atoms with Gasteiger partial charge in [0.25, 0.3) is 0 Å². The second-order valence-corrected chi connectivity index (χ2v) is 5.30. The van der Waals surface area contributed by atoms with Crippen molar-refractivity contribution in [2.75, 3.05) is 6.54 Å². The number of aromatic nitrogens is 2. The Labute approximate surface area is 138 Å². The van der Waals surface area contributed by atoms with Crippen molar-refractivity contribution in [2.45, 2.75) is 25.3 Å². The van der Waals surface area contributed by atoms with E-state index in [0.717, 1.165) is 36.6 Å². The minimum absolute atomic E-state index is 0. The van der Waals surface area contributed by atoms with Crippen molar-refractivity contribution >= 4 is 18.3 Å². The van der Waals surface area contributed by atoms with Gasteiger partial charge in [0.05, 0.1) is 24.5 Å². The summed E-state index contributed by atoms with van der Waals surface area (Å²) < 4.78 is 28.3. The predicted molar refractivity (Wildman–Crippen MR) is 83.6 cm³/mol. The molecule has 1 unspecified atom stereocenters. The van der Waals surface area contributed by atoms with Crippen molar-refractivity contribution in [1.29, 1.82) is 0 Å². The molecule has 1 atom stereocenters. The van der Waals surface area contributed by atoms with Crippen LogP contribution in [0.5, 0.6) is 0 Å². The van der Waals surface area contributed by atoms with Crippen LogP contribution < -0.4 is 11.1 Å². The van der Waals surface area contributed by atoms with Gasteiger partial charge in [0.1, 0.15) is 11.6 Å². The molecule has 3 N–H and O–H groups in total. The monoisotopic (exact) mass is 342 g/mol. The summed E-state index contributed by atoms with van der Waals surface area (Å²) in [7, 11) is 0. The Kier molecular flexibility index (Phi) is 5.33. The van der Waals surface area contributed by atoms with Gasteiger partial charge in [-0.2, -0.15) is 5.10 Å². The van der Waals surface area contributed by atoms with E-state index in [0.29, 0.717) is 5.69 Å². The van der Waals surface area contributed by atoms with Crippen molar-refractivity contribution in [1.82, 2.24) is 15.1 Å². The van der Waals surface area contributed by atoms with Gasteiger partial charge in [0.15, 0.2) is 0 Å². The Hall–Kier alpha value is -1.99. The molecule has 1 aromatic carbocycles. The molecule has 1 aromatic heterocycles. The van der Waals surface area contributed by atoms with Crippen LogP contribution in [0.3, 0.4) is 0 Å². The molecule has 0 aliphatic heterocycles. The fourth-order valence-electron chi connectivity index (χ4n) is 2.84. The number of benzene rings is 1. The third kappa shape index (κ3) is 3.51. The van der Waals surface area contributed by atoms with Crippen LogP contribution in [0.25, 0.3) is 5.69 Å². The fraction of sp³-hybridized carbons (Fsp3) is 0.333. The number of rotatable bonds is 3. The number of nitrogens with zero attached hydrogens (tertiary/aromatic N) is 2. The van der Waals surface area contributed by atoms with Crippen LogP contribution in [0.15, 0.2) is 24.4 Å². The van der Waals surface area contributed by atoms with E-state index in [1.165, 1.54) is 16.8 Å². The highest BCUT2D eigenvalue weighted by molar-refractivity contribution is 5.85. The van der Waals surface area contributed by atoms with Crippen molar-refractivity contribution in [3.8, 4) is 5.69 Å². The topological polar surface area (TPSA) is 72.9 Å². The molecule has 1 aliphatic carbocycles. The highest BCUT2D eigenvalue weighted by atomic mass is 35.5. The standard InChI is InChI=1S/C15H16F2N4O.ClH/c16-9-4-10(17)6-11(5-9)21-14-3-1-2-13(12(14)8-19-21)20-15(22)7-18;/h4-6,8,13H,1-3,7,18H2,(H,20,22);1H. The van der Waals surface area contributed by atoms with Crippen molar-refractivity contribution < 1.29 is 13.6 Å². The van der Waals surface area contributed by atoms with Crippen molar-refractivity contribution in [3.63, 3.8) is 0 Å². The Morgan fingerprint density at radius 2 is 2.04 bits per heavy atom. The van der Waals surface area contributed by atoms with E-state index >= 15 is 0 Å². The van der Waals surface area contributed by atoms with Crippen LogP contribution in [-0.2, 0) is 11.2 Å². The number of carbonyl (C=O) groups is 1. The van der Waals surface area contributed by atoms with E-state index in [1.807, 2.05) is 0 Å². The third-order valence-electron chi connectivity index (χ3n) is 3.80. The van der Waals surface area contributed by atoms with E-state index in [2.05, 4.69) is 10.4 Å². The summed E-state index contributed by atoms with van der Waals surface area (Å²) in [5.74, 6) is -1.53. The minimum atomic E-state index is -0.650. The lowest BCUT2D eigenvalue weighted by molar-refractivity contribution is -0.120. The van der Waals surface area contributed by atoms with Gasteiger partial charge in [0.2, 0.25) is 5.91 Å². The molecular weight excluding hydrogens is 326 g/mol. The molecule has 0 saturated carbocycles. The zero-order valence-electron chi connectivity index (χ0n) is 12.3. The normalized spacial score (nSPS) is 16.4. The van der Waals surface area contributed by atoms with Gasteiger partial charge in [-0.15, -0.1) is 12.4 Å². The van der Waals surface area contributed by atoms with Crippen LogP contribution in [0, 0.1) is 11.6 Å². The van der Waals surface area contributed by atoms with Gasteiger partial charge in [-0.25, -0.2) is 13.5 Å². The maximum atomic E-state index is 13.4. The van der Waals surface area contributed by atoms with Gasteiger partial charge >= 0.3 is 0 Å². The SMILES string of the molecule is Cl.NCC(=O)NC1CCCc2c1cnn2-c1cc(F)cc(F)c1. The molecule has 0 saturated heterocycles. The van der Waals surface area contributed by atoms with Gasteiger partial charge < -0.3 is 11.1 Å². The molecular formula is C15H17ClF2N4O. The maximum absolute atomic E-state index is 13.4. The van der Waals surface area contributed by atoms with E-state index in [-0.39, 0.29) is 30.9 Å². The van der Waals surface area contributed by atoms with Crippen LogP contribution in [0.2, 0.25) is 0 Å². The van der Waals surface area contributed by atoms with Crippen LogP contribution in [-0.4, -0.2) is 22.2 Å². The summed E-state index contributed by atoms with van der Waals surface area (Å²) >= 11 is 0. The first kappa shape index (κ1) is 17.4. The lowest BCUT2D eigenvalue weighted by atomic mass is 9.93. The molecule has 5 nitrogen and oxygen atoms in total. The minimum Gasteiger partial charge on any atom is -0.348 e. The van der Waals surface area contributed by atoms with Gasteiger partial charge in [-0.05, 0) is 31.4 Å². The lowest BCUT2D eigenvalue weighted by Gasteiger charge is -2.24. The van der Waals surface area contributed by atoms with E-state index < -0.39 is 11.6 Å². The van der Waals surface area contributed by atoms with Crippen LogP contribution in [0.1, 0.15) is 30.1 Å². The Balaban J connectivity index is 0.00000192. The fourth-order valence-corrected chi connectivity index (χ4v) is 2.84. The molecule has 8 heteroatoms. The number of nitrogens with one attached hydrogen (secondary N) is 1. The molecule has 1 aliphatic rings. The zero-order chi connectivity index (χ0) is 15.7. The molecule has 2 aromatic rings. The van der Waals surface area contributed by atoms with E-state index in [4.69, 9.17) is 5.73 Å². The molecule has 0 bridgehead atoms. The van der Waals surface area contributed by atoms with Gasteiger partial charge in [0, 0.05) is 17.3 Å². The van der Waals surface area contributed by atoms with Crippen molar-refractivity contribution in [2.24, 2.45) is 5.73 Å². The number of hydrogen-bond acceptors (Lipinski definition) is 3. The smallest absolute Gasteiger partial charge is 0.234 e. The van der Waals surface area contributed by atoms with Gasteiger partial charge in [-0.1, -0.05) is 0 Å². The Morgan fingerprint density at radius 1 is 1.35 bits per heavy atom. The average Bonchev–Trinajstić information content (AvgIpc) is 2.91. The molecule has 3 rings (SSSR count). The first-order valence-corrected chi connectivity index (χ1v) is 7.11. The number of nitrogens with two attached hydrogens (primary N) is 1. The number of hydrogen-bond donors (Lipinski definition) is 2. The highest BCUT2D eigenvalue weighted by Gasteiger charge is 2.26. The molecule has 1 amide bonds. The lowest BCUT2D eigenvalue weighted by Crippen LogP contribution is -2.35. The summed E-state index contributed by atoms with van der Waals surface area (Å²) in [5, 5.41) is 7.08. The summed E-state index contributed by atoms with van der Waals surface area (Å²) in [4.78, 5) is 11.5. The molecule has 23 heavy (non-hydrogen) atoms. The Bertz CT molecular complexity index is 699. The first-order chi connectivity index (χ1) is 10.6. The van der Waals surface area contributed by atoms with E-state index in [9.17, 15) is 13.6 Å². The molecule has 0 radical (unpaired) electrons. The number of halogens is 3. The Morgan fingerprint density at radius 3 is 2.70 bits per heavy atom. The van der Waals surface area contributed by atoms with Crippen LogP contribution >= 0.6 is 12.4 Å². The quantitative estimate of drug-likeness (QED) is 0.896. The van der Waals surface area contributed by atoms with Crippen LogP contribution in [0.4, 0.5) is 8.78 Å². The predicted octanol–water partition coefficient (Wildman–Crippen LogP) is 2.02. The molecule has 0 spiro atoms. The van der Waals surface area contributed by atoms with E-state index in [1.54, 1.807) is 6.20 Å². The maximum Gasteiger partial charge on any atom is 0.234 e. The molecule has 124 valence electrons. The largest absolute Gasteiger partial charge is 0.348 e. The third-order valence-corrected chi connectivity index (χ3v) is 3.80. The second kappa shape index (κ2) is 7.06. The summed E-state index contributed by atoms with van der Waals surface area (Å²) in [6.07, 6.45) is 4.02. The summed E-state index contributed by atoms with van der Waals surface area (Å²) in [5.41, 5.74) is 7.39. The van der Waals surface area contributed by atoms with Crippen molar-refractivity contribution in [3.05, 3.63) is 47.3 Å². The number of fused-ring (bicyclic) bond motifs is 1. The zero-order valence-corrected chi connectivity index (χ0v) is 13.1. The van der Waals surface area contributed by atoms with Gasteiger partial charge in [-0.3, -0.25) is 4.79 Å². The average molecular weight is 343 g/mol. The first-order valence-electron chi connectivity index (χ1n) is 7.11. The second-order valence-electron chi connectivity index (χ2n) is 5.30. The highest BCUT2D eigenvalue weighted by Crippen LogP contribution is 2.31.